The van der Waals surface area contributed by atoms with Crippen molar-refractivity contribution in [3.8, 4) is 5.75 Å². The zero-order valence-electron chi connectivity index (χ0n) is 10.0. The Kier molecular flexibility index (Phi) is 3.97. The van der Waals surface area contributed by atoms with Crippen LogP contribution in [0, 0.1) is 5.41 Å². The lowest BCUT2D eigenvalue weighted by Gasteiger charge is -2.19. The van der Waals surface area contributed by atoms with Crippen molar-refractivity contribution in [1.82, 2.24) is 0 Å². The van der Waals surface area contributed by atoms with Crippen LogP contribution in [-0.4, -0.2) is 5.84 Å². The van der Waals surface area contributed by atoms with Crippen molar-refractivity contribution >= 4 is 5.84 Å². The van der Waals surface area contributed by atoms with E-state index >= 15 is 0 Å². The number of para-hydroxylation sites is 1. The van der Waals surface area contributed by atoms with E-state index in [1.165, 1.54) is 0 Å². The van der Waals surface area contributed by atoms with Crippen molar-refractivity contribution in [2.45, 2.75) is 12.5 Å². The quantitative estimate of drug-likeness (QED) is 0.623. The minimum atomic E-state index is -0.217. The molecule has 0 saturated carbocycles. The molecule has 1 unspecified atom stereocenters. The molecule has 0 fully saturated rings. The summed E-state index contributed by atoms with van der Waals surface area (Å²) in [4.78, 5) is 0. The molecular formula is C15H16N2O. The third-order valence-corrected chi connectivity index (χ3v) is 2.60. The minimum Gasteiger partial charge on any atom is -0.485 e. The number of ether oxygens (including phenoxy) is 1. The van der Waals surface area contributed by atoms with Crippen LogP contribution in [0.2, 0.25) is 0 Å². The molecule has 0 saturated heterocycles. The molecular weight excluding hydrogens is 224 g/mol. The van der Waals surface area contributed by atoms with Gasteiger partial charge in [-0.3, -0.25) is 5.41 Å². The SMILES string of the molecule is N=C(N)CC(Oc1ccccc1)c1ccccc1. The first kappa shape index (κ1) is 12.2. The van der Waals surface area contributed by atoms with Gasteiger partial charge in [-0.25, -0.2) is 0 Å². The van der Waals surface area contributed by atoms with Crippen LogP contribution in [0.3, 0.4) is 0 Å². The molecule has 0 radical (unpaired) electrons. The maximum Gasteiger partial charge on any atom is 0.131 e. The number of amidine groups is 1. The molecule has 3 heteroatoms. The molecule has 2 rings (SSSR count). The van der Waals surface area contributed by atoms with E-state index in [1.54, 1.807) is 0 Å². The van der Waals surface area contributed by atoms with Crippen LogP contribution in [0.15, 0.2) is 60.7 Å². The third-order valence-electron chi connectivity index (χ3n) is 2.60. The number of rotatable bonds is 5. The van der Waals surface area contributed by atoms with E-state index in [0.717, 1.165) is 11.3 Å². The van der Waals surface area contributed by atoms with Gasteiger partial charge in [0.2, 0.25) is 0 Å². The number of hydrogen-bond donors (Lipinski definition) is 2. The molecule has 0 amide bonds. The van der Waals surface area contributed by atoms with Gasteiger partial charge in [0.05, 0.1) is 5.84 Å². The Morgan fingerprint density at radius 3 is 2.11 bits per heavy atom. The van der Waals surface area contributed by atoms with Gasteiger partial charge < -0.3 is 10.5 Å². The summed E-state index contributed by atoms with van der Waals surface area (Å²) in [5.41, 5.74) is 6.51. The van der Waals surface area contributed by atoms with Gasteiger partial charge in [0.1, 0.15) is 11.9 Å². The predicted molar refractivity (Wildman–Crippen MR) is 72.8 cm³/mol. The van der Waals surface area contributed by atoms with Crippen molar-refractivity contribution in [3.05, 3.63) is 66.2 Å². The van der Waals surface area contributed by atoms with Crippen molar-refractivity contribution in [3.63, 3.8) is 0 Å². The molecule has 2 aromatic rings. The second-order valence-electron chi connectivity index (χ2n) is 4.06. The molecule has 0 bridgehead atoms. The van der Waals surface area contributed by atoms with Crippen LogP contribution >= 0.6 is 0 Å². The van der Waals surface area contributed by atoms with Crippen LogP contribution in [0.1, 0.15) is 18.1 Å². The smallest absolute Gasteiger partial charge is 0.131 e. The average Bonchev–Trinajstić information content (AvgIpc) is 2.40. The van der Waals surface area contributed by atoms with E-state index in [-0.39, 0.29) is 11.9 Å². The zero-order chi connectivity index (χ0) is 12.8. The minimum absolute atomic E-state index is 0.125. The first-order valence-electron chi connectivity index (χ1n) is 5.85. The summed E-state index contributed by atoms with van der Waals surface area (Å²) in [6.45, 7) is 0. The van der Waals surface area contributed by atoms with E-state index in [4.69, 9.17) is 15.9 Å². The predicted octanol–water partition coefficient (Wildman–Crippen LogP) is 3.13. The fourth-order valence-corrected chi connectivity index (χ4v) is 1.76. The molecule has 18 heavy (non-hydrogen) atoms. The Hall–Kier alpha value is -2.29. The van der Waals surface area contributed by atoms with Gasteiger partial charge in [-0.05, 0) is 17.7 Å². The van der Waals surface area contributed by atoms with Crippen molar-refractivity contribution in [2.75, 3.05) is 0 Å². The van der Waals surface area contributed by atoms with Gasteiger partial charge in [0.25, 0.3) is 0 Å². The van der Waals surface area contributed by atoms with Crippen LogP contribution in [0.4, 0.5) is 0 Å². The monoisotopic (exact) mass is 240 g/mol. The molecule has 92 valence electrons. The molecule has 0 aliphatic rings. The molecule has 0 aliphatic carbocycles. The molecule has 0 aliphatic heterocycles. The van der Waals surface area contributed by atoms with Gasteiger partial charge in [-0.1, -0.05) is 48.5 Å². The van der Waals surface area contributed by atoms with Crippen molar-refractivity contribution in [2.24, 2.45) is 5.73 Å². The second-order valence-corrected chi connectivity index (χ2v) is 4.06. The van der Waals surface area contributed by atoms with Crippen LogP contribution in [-0.2, 0) is 0 Å². The lowest BCUT2D eigenvalue weighted by atomic mass is 10.1. The maximum atomic E-state index is 7.44. The van der Waals surface area contributed by atoms with Crippen molar-refractivity contribution in [1.29, 1.82) is 5.41 Å². The summed E-state index contributed by atoms with van der Waals surface area (Å²) in [7, 11) is 0. The fourth-order valence-electron chi connectivity index (χ4n) is 1.76. The molecule has 0 spiro atoms. The van der Waals surface area contributed by atoms with E-state index < -0.39 is 0 Å². The van der Waals surface area contributed by atoms with Gasteiger partial charge in [0.15, 0.2) is 0 Å². The summed E-state index contributed by atoms with van der Waals surface area (Å²) in [5.74, 6) is 0.910. The number of nitrogens with two attached hydrogens (primary N) is 1. The lowest BCUT2D eigenvalue weighted by molar-refractivity contribution is 0.213. The highest BCUT2D eigenvalue weighted by Crippen LogP contribution is 2.24. The normalized spacial score (nSPS) is 11.8. The molecule has 3 nitrogen and oxygen atoms in total. The van der Waals surface area contributed by atoms with Gasteiger partial charge in [-0.15, -0.1) is 0 Å². The third kappa shape index (κ3) is 3.35. The summed E-state index contributed by atoms with van der Waals surface area (Å²) in [6, 6.07) is 19.4. The summed E-state index contributed by atoms with van der Waals surface area (Å²) in [6.07, 6.45) is 0.171. The summed E-state index contributed by atoms with van der Waals surface area (Å²) >= 11 is 0. The molecule has 0 aromatic heterocycles. The first-order chi connectivity index (χ1) is 8.75. The van der Waals surface area contributed by atoms with E-state index in [0.29, 0.717) is 6.42 Å². The van der Waals surface area contributed by atoms with Crippen LogP contribution in [0.25, 0.3) is 0 Å². The summed E-state index contributed by atoms with van der Waals surface area (Å²) < 4.78 is 5.89. The van der Waals surface area contributed by atoms with Gasteiger partial charge in [-0.2, -0.15) is 0 Å². The standard InChI is InChI=1S/C15H16N2O/c16-15(17)11-14(12-7-3-1-4-8-12)18-13-9-5-2-6-10-13/h1-10,14H,11H2,(H3,16,17). The van der Waals surface area contributed by atoms with Gasteiger partial charge >= 0.3 is 0 Å². The number of hydrogen-bond acceptors (Lipinski definition) is 2. The molecule has 3 N–H and O–H groups in total. The van der Waals surface area contributed by atoms with Crippen LogP contribution in [0.5, 0.6) is 5.75 Å². The Morgan fingerprint density at radius 2 is 1.56 bits per heavy atom. The van der Waals surface area contributed by atoms with E-state index in [2.05, 4.69) is 0 Å². The Bertz CT molecular complexity index is 496. The average molecular weight is 240 g/mol. The largest absolute Gasteiger partial charge is 0.485 e. The number of benzene rings is 2. The molecule has 1 atom stereocenters. The molecule has 0 heterocycles. The van der Waals surface area contributed by atoms with E-state index in [9.17, 15) is 0 Å². The van der Waals surface area contributed by atoms with Crippen molar-refractivity contribution < 1.29 is 4.74 Å². The Labute approximate surface area is 107 Å². The summed E-state index contributed by atoms with van der Waals surface area (Å²) in [5, 5.41) is 7.44. The zero-order valence-corrected chi connectivity index (χ0v) is 10.0. The van der Waals surface area contributed by atoms with E-state index in [1.807, 2.05) is 60.7 Å². The highest BCUT2D eigenvalue weighted by Gasteiger charge is 2.14. The van der Waals surface area contributed by atoms with Gasteiger partial charge in [0, 0.05) is 6.42 Å². The first-order valence-corrected chi connectivity index (χ1v) is 5.85. The highest BCUT2D eigenvalue weighted by molar-refractivity contribution is 5.77. The number of nitrogens with one attached hydrogen (secondary N) is 1. The topological polar surface area (TPSA) is 59.1 Å². The highest BCUT2D eigenvalue weighted by atomic mass is 16.5. The van der Waals surface area contributed by atoms with Crippen LogP contribution < -0.4 is 10.5 Å². The lowest BCUT2D eigenvalue weighted by Crippen LogP contribution is -2.18. The Morgan fingerprint density at radius 1 is 1.00 bits per heavy atom. The fraction of sp³-hybridized carbons (Fsp3) is 0.133. The molecule has 2 aromatic carbocycles. The Balaban J connectivity index is 2.18. The maximum absolute atomic E-state index is 7.44. The second kappa shape index (κ2) is 5.87.